The van der Waals surface area contributed by atoms with Gasteiger partial charge in [-0.25, -0.2) is 0 Å². The van der Waals surface area contributed by atoms with Gasteiger partial charge in [0.2, 0.25) is 0 Å². The van der Waals surface area contributed by atoms with Gasteiger partial charge >= 0.3 is 0 Å². The third-order valence-corrected chi connectivity index (χ3v) is 3.18. The minimum absolute atomic E-state index is 0.0902. The summed E-state index contributed by atoms with van der Waals surface area (Å²) >= 11 is 0. The zero-order valence-electron chi connectivity index (χ0n) is 13.8. The van der Waals surface area contributed by atoms with Gasteiger partial charge in [-0.3, -0.25) is 4.99 Å². The van der Waals surface area contributed by atoms with Crippen molar-refractivity contribution in [3.63, 3.8) is 0 Å². The minimum atomic E-state index is -0.0902. The van der Waals surface area contributed by atoms with E-state index >= 15 is 0 Å². The van der Waals surface area contributed by atoms with Gasteiger partial charge in [0.05, 0.1) is 5.54 Å². The Hall–Kier alpha value is -2.35. The highest BCUT2D eigenvalue weighted by atomic mass is 14.9. The van der Waals surface area contributed by atoms with Crippen LogP contribution in [0.4, 0.5) is 5.69 Å². The number of hydrogen-bond acceptors (Lipinski definition) is 2. The van der Waals surface area contributed by atoms with Gasteiger partial charge < -0.3 is 5.32 Å². The van der Waals surface area contributed by atoms with Gasteiger partial charge in [0.15, 0.2) is 0 Å². The van der Waals surface area contributed by atoms with Crippen molar-refractivity contribution in [3.05, 3.63) is 71.9 Å². The predicted octanol–water partition coefficient (Wildman–Crippen LogP) is 5.40. The van der Waals surface area contributed by atoms with Gasteiger partial charge in [0.1, 0.15) is 0 Å². The number of benzene rings is 2. The molecule has 0 heterocycles. The molecule has 0 unspecified atom stereocenters. The summed E-state index contributed by atoms with van der Waals surface area (Å²) in [6, 6.07) is 20.6. The van der Waals surface area contributed by atoms with Crippen LogP contribution in [0.2, 0.25) is 0 Å². The summed E-state index contributed by atoms with van der Waals surface area (Å²) in [5.74, 6) is 0. The molecule has 114 valence electrons. The topological polar surface area (TPSA) is 24.4 Å². The Kier molecular flexibility index (Phi) is 5.16. The molecule has 2 nitrogen and oxygen atoms in total. The molecule has 2 heteroatoms. The molecule has 0 saturated heterocycles. The van der Waals surface area contributed by atoms with E-state index in [1.165, 1.54) is 0 Å². The Labute approximate surface area is 133 Å². The number of rotatable bonds is 4. The van der Waals surface area contributed by atoms with Crippen LogP contribution in [0.3, 0.4) is 0 Å². The molecule has 2 aromatic carbocycles. The first-order chi connectivity index (χ1) is 10.5. The lowest BCUT2D eigenvalue weighted by molar-refractivity contribution is 0.587. The number of nitrogens with one attached hydrogen (secondary N) is 1. The molecule has 0 aliphatic carbocycles. The van der Waals surface area contributed by atoms with E-state index in [9.17, 15) is 0 Å². The second kappa shape index (κ2) is 7.08. The van der Waals surface area contributed by atoms with Crippen molar-refractivity contribution in [2.75, 3.05) is 5.32 Å². The van der Waals surface area contributed by atoms with Gasteiger partial charge in [0, 0.05) is 23.2 Å². The summed E-state index contributed by atoms with van der Waals surface area (Å²) < 4.78 is 0. The second-order valence-electron chi connectivity index (χ2n) is 6.32. The Morgan fingerprint density at radius 2 is 1.45 bits per heavy atom. The van der Waals surface area contributed by atoms with E-state index in [2.05, 4.69) is 74.4 Å². The Morgan fingerprint density at radius 1 is 0.909 bits per heavy atom. The molecule has 0 aromatic heterocycles. The Morgan fingerprint density at radius 3 is 2.00 bits per heavy atom. The summed E-state index contributed by atoms with van der Waals surface area (Å²) in [4.78, 5) is 4.67. The van der Waals surface area contributed by atoms with Gasteiger partial charge in [0.25, 0.3) is 0 Å². The Balaban J connectivity index is 2.38. The summed E-state index contributed by atoms with van der Waals surface area (Å²) in [5, 5.41) is 3.47. The number of allylic oxidation sites excluding steroid dienone is 2. The average molecular weight is 292 g/mol. The fourth-order valence-electron chi connectivity index (χ4n) is 2.07. The zero-order valence-corrected chi connectivity index (χ0v) is 13.8. The zero-order chi connectivity index (χ0) is 16.0. The van der Waals surface area contributed by atoms with Gasteiger partial charge in [-0.05, 0) is 45.4 Å². The molecule has 0 aliphatic rings. The largest absolute Gasteiger partial charge is 0.359 e. The van der Waals surface area contributed by atoms with Crippen LogP contribution in [0.15, 0.2) is 71.4 Å². The fraction of sp³-hybridized carbons (Fsp3) is 0.250. The SMILES string of the molecule is C/C(Nc1ccccc1)=C(\C=NC(C)(C)C)c1ccccc1. The maximum Gasteiger partial charge on any atom is 0.0524 e. The number of nitrogens with zero attached hydrogens (tertiary/aromatic N) is 1. The first-order valence-corrected chi connectivity index (χ1v) is 7.59. The lowest BCUT2D eigenvalue weighted by Gasteiger charge is -2.15. The molecule has 1 N–H and O–H groups in total. The number of hydrogen-bond donors (Lipinski definition) is 1. The van der Waals surface area contributed by atoms with Crippen molar-refractivity contribution in [2.45, 2.75) is 33.2 Å². The third-order valence-electron chi connectivity index (χ3n) is 3.18. The normalized spacial score (nSPS) is 13.1. The van der Waals surface area contributed by atoms with E-state index < -0.39 is 0 Å². The lowest BCUT2D eigenvalue weighted by atomic mass is 10.0. The smallest absolute Gasteiger partial charge is 0.0524 e. The van der Waals surface area contributed by atoms with Crippen molar-refractivity contribution in [1.29, 1.82) is 0 Å². The molecule has 0 saturated carbocycles. The van der Waals surface area contributed by atoms with E-state index in [-0.39, 0.29) is 5.54 Å². The van der Waals surface area contributed by atoms with Crippen molar-refractivity contribution >= 4 is 17.5 Å². The number of anilines is 1. The van der Waals surface area contributed by atoms with Crippen molar-refractivity contribution in [3.8, 4) is 0 Å². The fourth-order valence-corrected chi connectivity index (χ4v) is 2.07. The van der Waals surface area contributed by atoms with Crippen LogP contribution in [-0.2, 0) is 0 Å². The van der Waals surface area contributed by atoms with Crippen LogP contribution < -0.4 is 5.32 Å². The van der Waals surface area contributed by atoms with Gasteiger partial charge in [-0.2, -0.15) is 0 Å². The summed E-state index contributed by atoms with van der Waals surface area (Å²) in [5.41, 5.74) is 4.35. The molecular formula is C20H24N2. The van der Waals surface area contributed by atoms with E-state index in [0.717, 1.165) is 22.5 Å². The molecule has 0 bridgehead atoms. The monoisotopic (exact) mass is 292 g/mol. The van der Waals surface area contributed by atoms with E-state index in [1.54, 1.807) is 0 Å². The average Bonchev–Trinajstić information content (AvgIpc) is 2.48. The van der Waals surface area contributed by atoms with Gasteiger partial charge in [-0.15, -0.1) is 0 Å². The van der Waals surface area contributed by atoms with Crippen LogP contribution in [0.5, 0.6) is 0 Å². The minimum Gasteiger partial charge on any atom is -0.359 e. The first-order valence-electron chi connectivity index (χ1n) is 7.59. The van der Waals surface area contributed by atoms with E-state index in [0.29, 0.717) is 0 Å². The van der Waals surface area contributed by atoms with Crippen LogP contribution in [-0.4, -0.2) is 11.8 Å². The molecule has 22 heavy (non-hydrogen) atoms. The van der Waals surface area contributed by atoms with E-state index in [4.69, 9.17) is 0 Å². The molecular weight excluding hydrogens is 268 g/mol. The van der Waals surface area contributed by atoms with Crippen LogP contribution >= 0.6 is 0 Å². The number of aliphatic imine (C=N–C) groups is 1. The highest BCUT2D eigenvalue weighted by molar-refractivity contribution is 6.11. The molecule has 0 spiro atoms. The molecule has 2 aromatic rings. The second-order valence-corrected chi connectivity index (χ2v) is 6.32. The number of para-hydroxylation sites is 1. The summed E-state index contributed by atoms with van der Waals surface area (Å²) in [6.07, 6.45) is 1.97. The van der Waals surface area contributed by atoms with Crippen LogP contribution in [0.25, 0.3) is 5.57 Å². The summed E-state index contributed by atoms with van der Waals surface area (Å²) in [7, 11) is 0. The third kappa shape index (κ3) is 4.88. The molecule has 0 fully saturated rings. The molecule has 0 atom stereocenters. The maximum absolute atomic E-state index is 4.67. The predicted molar refractivity (Wildman–Crippen MR) is 97.3 cm³/mol. The van der Waals surface area contributed by atoms with Crippen molar-refractivity contribution in [2.24, 2.45) is 4.99 Å². The van der Waals surface area contributed by atoms with Crippen molar-refractivity contribution in [1.82, 2.24) is 0 Å². The quantitative estimate of drug-likeness (QED) is 0.750. The summed E-state index contributed by atoms with van der Waals surface area (Å²) in [6.45, 7) is 8.40. The van der Waals surface area contributed by atoms with Gasteiger partial charge in [-0.1, -0.05) is 48.5 Å². The standard InChI is InChI=1S/C20H24N2/c1-16(22-18-13-9-6-10-14-18)19(15-21-20(2,3)4)17-11-7-5-8-12-17/h5-15,22H,1-4H3/b19-16-,21-15?. The highest BCUT2D eigenvalue weighted by Gasteiger charge is 2.08. The molecule has 0 aliphatic heterocycles. The molecule has 0 amide bonds. The van der Waals surface area contributed by atoms with Crippen LogP contribution in [0, 0.1) is 0 Å². The molecule has 0 radical (unpaired) electrons. The maximum atomic E-state index is 4.67. The lowest BCUT2D eigenvalue weighted by Crippen LogP contribution is -2.10. The Bertz CT molecular complexity index is 647. The first kappa shape index (κ1) is 16.0. The molecule has 2 rings (SSSR count). The van der Waals surface area contributed by atoms with Crippen molar-refractivity contribution < 1.29 is 0 Å². The highest BCUT2D eigenvalue weighted by Crippen LogP contribution is 2.20. The van der Waals surface area contributed by atoms with E-state index in [1.807, 2.05) is 30.5 Å². The van der Waals surface area contributed by atoms with Crippen LogP contribution in [0.1, 0.15) is 33.3 Å².